The van der Waals surface area contributed by atoms with E-state index in [4.69, 9.17) is 4.74 Å². The average molecular weight is 388 g/mol. The van der Waals surface area contributed by atoms with E-state index >= 15 is 0 Å². The highest BCUT2D eigenvalue weighted by atomic mass is 32.1. The highest BCUT2D eigenvalue weighted by Gasteiger charge is 2.21. The zero-order valence-electron chi connectivity index (χ0n) is 15.8. The number of hydrogen-bond donors (Lipinski definition) is 2. The maximum atomic E-state index is 12.2. The summed E-state index contributed by atoms with van der Waals surface area (Å²) in [6, 6.07) is 9.41. The third-order valence-corrected chi connectivity index (χ3v) is 5.12. The minimum absolute atomic E-state index is 0.124. The van der Waals surface area contributed by atoms with E-state index in [1.807, 2.05) is 44.2 Å². The second kappa shape index (κ2) is 9.87. The molecule has 0 saturated carbocycles. The predicted octanol–water partition coefficient (Wildman–Crippen LogP) is 3.23. The van der Waals surface area contributed by atoms with Crippen LogP contribution >= 0.6 is 11.3 Å². The van der Waals surface area contributed by atoms with Crippen molar-refractivity contribution in [1.82, 2.24) is 5.32 Å². The van der Waals surface area contributed by atoms with E-state index in [1.165, 1.54) is 11.3 Å². The first-order chi connectivity index (χ1) is 12.9. The average Bonchev–Trinajstić information content (AvgIpc) is 2.89. The Morgan fingerprint density at radius 3 is 2.44 bits per heavy atom. The van der Waals surface area contributed by atoms with Gasteiger partial charge < -0.3 is 15.4 Å². The van der Waals surface area contributed by atoms with Crippen molar-refractivity contribution in [2.75, 3.05) is 18.5 Å². The summed E-state index contributed by atoms with van der Waals surface area (Å²) in [6.07, 6.45) is 0.400. The molecule has 2 N–H and O–H groups in total. The largest absolute Gasteiger partial charge is 0.462 e. The number of thiophene rings is 1. The van der Waals surface area contributed by atoms with Gasteiger partial charge in [0.05, 0.1) is 18.6 Å². The van der Waals surface area contributed by atoms with Crippen LogP contribution in [0.15, 0.2) is 30.3 Å². The molecule has 27 heavy (non-hydrogen) atoms. The van der Waals surface area contributed by atoms with Crippen molar-refractivity contribution < 1.29 is 19.1 Å². The van der Waals surface area contributed by atoms with E-state index in [0.717, 1.165) is 16.0 Å². The molecule has 0 saturated heterocycles. The van der Waals surface area contributed by atoms with Crippen molar-refractivity contribution in [3.05, 3.63) is 51.9 Å². The third-order valence-electron chi connectivity index (χ3n) is 4.00. The molecule has 0 spiro atoms. The van der Waals surface area contributed by atoms with Gasteiger partial charge in [-0.05, 0) is 31.9 Å². The number of aryl methyl sites for hydroxylation is 1. The number of hydrogen-bond acceptors (Lipinski definition) is 5. The Labute approximate surface area is 162 Å². The van der Waals surface area contributed by atoms with Crippen LogP contribution in [0, 0.1) is 13.8 Å². The fourth-order valence-corrected chi connectivity index (χ4v) is 3.58. The topological polar surface area (TPSA) is 84.5 Å². The molecule has 2 aromatic rings. The van der Waals surface area contributed by atoms with Crippen LogP contribution in [0.1, 0.15) is 39.7 Å². The van der Waals surface area contributed by atoms with E-state index in [-0.39, 0.29) is 37.8 Å². The molecule has 0 unspecified atom stereocenters. The third kappa shape index (κ3) is 5.92. The summed E-state index contributed by atoms with van der Waals surface area (Å²) < 4.78 is 5.07. The van der Waals surface area contributed by atoms with Gasteiger partial charge in [0.25, 0.3) is 0 Å². The molecule has 1 aromatic carbocycles. The van der Waals surface area contributed by atoms with Gasteiger partial charge in [0.2, 0.25) is 11.8 Å². The fourth-order valence-electron chi connectivity index (χ4n) is 2.51. The van der Waals surface area contributed by atoms with Gasteiger partial charge in [-0.15, -0.1) is 11.3 Å². The summed E-state index contributed by atoms with van der Waals surface area (Å²) in [6.45, 7) is 5.96. The highest BCUT2D eigenvalue weighted by molar-refractivity contribution is 7.16. The molecule has 2 amide bonds. The predicted molar refractivity (Wildman–Crippen MR) is 106 cm³/mol. The molecule has 2 rings (SSSR count). The Hall–Kier alpha value is -2.67. The zero-order chi connectivity index (χ0) is 19.8. The Morgan fingerprint density at radius 1 is 1.07 bits per heavy atom. The number of amides is 2. The summed E-state index contributed by atoms with van der Waals surface area (Å²) in [5.41, 5.74) is 2.13. The summed E-state index contributed by atoms with van der Waals surface area (Å²) >= 11 is 1.34. The summed E-state index contributed by atoms with van der Waals surface area (Å²) in [7, 11) is 0. The minimum atomic E-state index is -0.439. The number of carbonyl (C=O) groups is 3. The first kappa shape index (κ1) is 20.6. The van der Waals surface area contributed by atoms with Gasteiger partial charge in [0, 0.05) is 17.8 Å². The van der Waals surface area contributed by atoms with Crippen LogP contribution in [0.3, 0.4) is 0 Å². The quantitative estimate of drug-likeness (QED) is 0.680. The van der Waals surface area contributed by atoms with Crippen LogP contribution in [0.5, 0.6) is 0 Å². The SMILES string of the molecule is CCOC(=O)c1c(NC(=O)CCNC(=O)Cc2ccccc2)sc(C)c1C. The van der Waals surface area contributed by atoms with E-state index in [2.05, 4.69) is 10.6 Å². The normalized spacial score (nSPS) is 10.3. The smallest absolute Gasteiger partial charge is 0.341 e. The molecule has 0 aliphatic carbocycles. The van der Waals surface area contributed by atoms with Crippen LogP contribution in [-0.2, 0) is 20.7 Å². The van der Waals surface area contributed by atoms with Crippen molar-refractivity contribution in [3.8, 4) is 0 Å². The van der Waals surface area contributed by atoms with Crippen LogP contribution in [0.25, 0.3) is 0 Å². The Balaban J connectivity index is 1.86. The maximum absolute atomic E-state index is 12.2. The first-order valence-corrected chi connectivity index (χ1v) is 9.61. The highest BCUT2D eigenvalue weighted by Crippen LogP contribution is 2.33. The number of nitrogens with one attached hydrogen (secondary N) is 2. The van der Waals surface area contributed by atoms with Crippen LogP contribution in [0.2, 0.25) is 0 Å². The maximum Gasteiger partial charge on any atom is 0.341 e. The number of esters is 1. The summed E-state index contributed by atoms with van der Waals surface area (Å²) in [5, 5.41) is 5.99. The fraction of sp³-hybridized carbons (Fsp3) is 0.350. The second-order valence-electron chi connectivity index (χ2n) is 6.02. The van der Waals surface area contributed by atoms with Gasteiger partial charge in [0.1, 0.15) is 5.00 Å². The second-order valence-corrected chi connectivity index (χ2v) is 7.24. The Bertz CT molecular complexity index is 815. The Morgan fingerprint density at radius 2 is 1.78 bits per heavy atom. The van der Waals surface area contributed by atoms with Gasteiger partial charge in [-0.2, -0.15) is 0 Å². The molecule has 1 aromatic heterocycles. The number of ether oxygens (including phenoxy) is 1. The van der Waals surface area contributed by atoms with Gasteiger partial charge in [-0.1, -0.05) is 30.3 Å². The molecule has 7 heteroatoms. The lowest BCUT2D eigenvalue weighted by Gasteiger charge is -2.08. The molecule has 0 atom stereocenters. The van der Waals surface area contributed by atoms with Crippen molar-refractivity contribution in [2.24, 2.45) is 0 Å². The van der Waals surface area contributed by atoms with Crippen LogP contribution in [-0.4, -0.2) is 30.9 Å². The molecule has 6 nitrogen and oxygen atoms in total. The molecule has 1 heterocycles. The van der Waals surface area contributed by atoms with Gasteiger partial charge in [-0.3, -0.25) is 9.59 Å². The van der Waals surface area contributed by atoms with Crippen LogP contribution in [0.4, 0.5) is 5.00 Å². The molecule has 0 bridgehead atoms. The Kier molecular flexibility index (Phi) is 7.55. The van der Waals surface area contributed by atoms with Crippen molar-refractivity contribution in [2.45, 2.75) is 33.6 Å². The van der Waals surface area contributed by atoms with E-state index in [9.17, 15) is 14.4 Å². The first-order valence-electron chi connectivity index (χ1n) is 8.80. The molecule has 0 aliphatic heterocycles. The molecule has 0 aliphatic rings. The molecular weight excluding hydrogens is 364 g/mol. The molecular formula is C20H24N2O4S. The lowest BCUT2D eigenvalue weighted by atomic mass is 10.1. The molecule has 0 fully saturated rings. The number of benzene rings is 1. The van der Waals surface area contributed by atoms with Crippen molar-refractivity contribution in [1.29, 1.82) is 0 Å². The summed E-state index contributed by atoms with van der Waals surface area (Å²) in [4.78, 5) is 37.2. The number of carbonyl (C=O) groups excluding carboxylic acids is 3. The van der Waals surface area contributed by atoms with E-state index in [0.29, 0.717) is 10.6 Å². The monoisotopic (exact) mass is 388 g/mol. The summed E-state index contributed by atoms with van der Waals surface area (Å²) in [5.74, 6) is -0.836. The minimum Gasteiger partial charge on any atom is -0.462 e. The van der Waals surface area contributed by atoms with E-state index in [1.54, 1.807) is 6.92 Å². The van der Waals surface area contributed by atoms with Crippen molar-refractivity contribution >= 4 is 34.1 Å². The van der Waals surface area contributed by atoms with Gasteiger partial charge in [0.15, 0.2) is 0 Å². The van der Waals surface area contributed by atoms with Crippen molar-refractivity contribution in [3.63, 3.8) is 0 Å². The van der Waals surface area contributed by atoms with Crippen LogP contribution < -0.4 is 10.6 Å². The molecule has 144 valence electrons. The van der Waals surface area contributed by atoms with Gasteiger partial charge in [-0.25, -0.2) is 4.79 Å². The lowest BCUT2D eigenvalue weighted by Crippen LogP contribution is -2.29. The standard InChI is InChI=1S/C20H24N2O4S/c1-4-26-20(25)18-13(2)14(3)27-19(18)22-16(23)10-11-21-17(24)12-15-8-6-5-7-9-15/h5-9H,4,10-12H2,1-3H3,(H,21,24)(H,22,23). The van der Waals surface area contributed by atoms with Gasteiger partial charge >= 0.3 is 5.97 Å². The molecule has 0 radical (unpaired) electrons. The number of rotatable bonds is 8. The lowest BCUT2D eigenvalue weighted by molar-refractivity contribution is -0.120. The van der Waals surface area contributed by atoms with E-state index < -0.39 is 5.97 Å². The number of anilines is 1. The zero-order valence-corrected chi connectivity index (χ0v) is 16.6.